The zero-order valence-corrected chi connectivity index (χ0v) is 18.8. The van der Waals surface area contributed by atoms with Crippen LogP contribution in [0.4, 0.5) is 0 Å². The van der Waals surface area contributed by atoms with Crippen LogP contribution >= 0.6 is 27.3 Å². The molecule has 2 heterocycles. The van der Waals surface area contributed by atoms with E-state index in [-0.39, 0.29) is 30.3 Å². The number of carbonyl (C=O) groups is 2. The first-order valence-corrected chi connectivity index (χ1v) is 11.8. The number of carboxylic acids is 1. The number of carboxylic acid groups (broad SMARTS) is 1. The highest BCUT2D eigenvalue weighted by Gasteiger charge is 2.45. The largest absolute Gasteiger partial charge is 0.481 e. The van der Waals surface area contributed by atoms with Gasteiger partial charge in [-0.3, -0.25) is 14.5 Å². The van der Waals surface area contributed by atoms with Crippen molar-refractivity contribution in [3.8, 4) is 0 Å². The van der Waals surface area contributed by atoms with Crippen molar-refractivity contribution in [2.24, 2.45) is 5.92 Å². The number of carbonyl (C=O) groups excluding carboxylic acids is 1. The molecule has 3 rings (SSSR count). The second-order valence-corrected chi connectivity index (χ2v) is 9.41. The van der Waals surface area contributed by atoms with E-state index in [1.165, 1.54) is 0 Å². The Hall–Kier alpha value is -1.06. The summed E-state index contributed by atoms with van der Waals surface area (Å²) in [5, 5.41) is 10.8. The highest BCUT2D eigenvalue weighted by atomic mass is 79.9. The quantitative estimate of drug-likeness (QED) is 0.400. The monoisotopic (exact) mass is 485 g/mol. The van der Waals surface area contributed by atoms with Gasteiger partial charge in [-0.05, 0) is 41.3 Å². The van der Waals surface area contributed by atoms with Crippen LogP contribution in [0.1, 0.15) is 37.0 Å². The number of Topliss-reactive ketones (excluding diaryl/α,β-unsaturated/α-hetero) is 1. The van der Waals surface area contributed by atoms with Crippen LogP contribution in [0.15, 0.2) is 28.1 Å². The Morgan fingerprint density at radius 3 is 2.86 bits per heavy atom. The van der Waals surface area contributed by atoms with Crippen molar-refractivity contribution in [3.63, 3.8) is 0 Å². The minimum absolute atomic E-state index is 0.0973. The number of nitrogens with zero attached hydrogens (tertiary/aromatic N) is 1. The molecular formula is C21H28BrNO5S. The molecule has 160 valence electrons. The number of thiophene rings is 1. The second kappa shape index (κ2) is 11.4. The van der Waals surface area contributed by atoms with E-state index in [0.717, 1.165) is 35.3 Å². The van der Waals surface area contributed by atoms with Crippen LogP contribution in [-0.4, -0.2) is 60.2 Å². The van der Waals surface area contributed by atoms with Crippen LogP contribution in [0.25, 0.3) is 0 Å². The van der Waals surface area contributed by atoms with Crippen LogP contribution in [0, 0.1) is 5.92 Å². The van der Waals surface area contributed by atoms with Crippen LogP contribution in [0.5, 0.6) is 0 Å². The van der Waals surface area contributed by atoms with E-state index in [1.807, 2.05) is 11.5 Å². The average molecular weight is 486 g/mol. The number of halogens is 1. The van der Waals surface area contributed by atoms with Crippen molar-refractivity contribution in [2.45, 2.75) is 50.9 Å². The van der Waals surface area contributed by atoms with Crippen molar-refractivity contribution in [1.82, 2.24) is 4.90 Å². The predicted molar refractivity (Wildman–Crippen MR) is 115 cm³/mol. The third kappa shape index (κ3) is 6.72. The molecule has 1 saturated carbocycles. The Balaban J connectivity index is 1.62. The standard InChI is InChI=1S/C21H28BrNO5S/c22-15-11-16(29-14-15)13-28-19-12-18(24)21(23-7-9-27-10-8-23)17(19)5-3-1-2-4-6-20(25)26/h1,3,11,14,17,19,21H,2,4-10,12-13H2,(H,25,26)/b3-1-/t17-,19-,21+/m0/s1. The molecule has 0 radical (unpaired) electrons. The maximum Gasteiger partial charge on any atom is 0.303 e. The fraction of sp³-hybridized carbons (Fsp3) is 0.619. The summed E-state index contributed by atoms with van der Waals surface area (Å²) in [5.41, 5.74) is 0. The van der Waals surface area contributed by atoms with Gasteiger partial charge in [0.2, 0.25) is 0 Å². The number of allylic oxidation sites excluding steroid dienone is 2. The Bertz CT molecular complexity index is 716. The minimum Gasteiger partial charge on any atom is -0.481 e. The highest BCUT2D eigenvalue weighted by Crippen LogP contribution is 2.34. The third-order valence-corrected chi connectivity index (χ3v) is 7.12. The summed E-state index contributed by atoms with van der Waals surface area (Å²) in [6.45, 7) is 3.40. The van der Waals surface area contributed by atoms with Gasteiger partial charge >= 0.3 is 5.97 Å². The molecule has 1 aliphatic carbocycles. The molecule has 6 nitrogen and oxygen atoms in total. The molecule has 8 heteroatoms. The Morgan fingerprint density at radius 1 is 1.38 bits per heavy atom. The smallest absolute Gasteiger partial charge is 0.303 e. The number of rotatable bonds is 10. The molecule has 1 aromatic rings. The number of morpholine rings is 1. The lowest BCUT2D eigenvalue weighted by atomic mass is 9.95. The Morgan fingerprint density at radius 2 is 2.17 bits per heavy atom. The summed E-state index contributed by atoms with van der Waals surface area (Å²) >= 11 is 5.12. The Kier molecular flexibility index (Phi) is 8.86. The first kappa shape index (κ1) is 22.6. The van der Waals surface area contributed by atoms with Gasteiger partial charge in [0.1, 0.15) is 0 Å². The summed E-state index contributed by atoms with van der Waals surface area (Å²) in [6, 6.07) is 1.93. The molecule has 3 atom stereocenters. The van der Waals surface area contributed by atoms with Crippen molar-refractivity contribution < 1.29 is 24.2 Å². The van der Waals surface area contributed by atoms with E-state index < -0.39 is 5.97 Å². The predicted octanol–water partition coefficient (Wildman–Crippen LogP) is 3.89. The van der Waals surface area contributed by atoms with Gasteiger partial charge in [-0.15, -0.1) is 11.3 Å². The van der Waals surface area contributed by atoms with E-state index in [9.17, 15) is 9.59 Å². The normalized spacial score (nSPS) is 25.8. The topological polar surface area (TPSA) is 76.1 Å². The molecule has 1 aromatic heterocycles. The van der Waals surface area contributed by atoms with Crippen LogP contribution in [0.3, 0.4) is 0 Å². The number of ether oxygens (including phenoxy) is 2. The average Bonchev–Trinajstić information content (AvgIpc) is 3.25. The maximum atomic E-state index is 12.9. The highest BCUT2D eigenvalue weighted by molar-refractivity contribution is 9.10. The molecule has 0 unspecified atom stereocenters. The van der Waals surface area contributed by atoms with Crippen molar-refractivity contribution >= 4 is 39.0 Å². The van der Waals surface area contributed by atoms with Gasteiger partial charge < -0.3 is 14.6 Å². The number of hydrogen-bond acceptors (Lipinski definition) is 6. The molecule has 2 aliphatic rings. The van der Waals surface area contributed by atoms with Gasteiger partial charge in [-0.2, -0.15) is 0 Å². The van der Waals surface area contributed by atoms with Crippen LogP contribution in [0.2, 0.25) is 0 Å². The number of aliphatic carboxylic acids is 1. The van der Waals surface area contributed by atoms with Crippen molar-refractivity contribution in [3.05, 3.63) is 32.9 Å². The maximum absolute atomic E-state index is 12.9. The second-order valence-electron chi connectivity index (χ2n) is 7.50. The van der Waals surface area contributed by atoms with Crippen LogP contribution in [-0.2, 0) is 25.7 Å². The first-order valence-electron chi connectivity index (χ1n) is 10.1. The zero-order valence-electron chi connectivity index (χ0n) is 16.4. The molecule has 0 amide bonds. The van der Waals surface area contributed by atoms with Gasteiger partial charge in [-0.25, -0.2) is 0 Å². The molecule has 0 spiro atoms. The van der Waals surface area contributed by atoms with E-state index >= 15 is 0 Å². The lowest BCUT2D eigenvalue weighted by molar-refractivity contribution is -0.137. The van der Waals surface area contributed by atoms with Gasteiger partial charge in [0, 0.05) is 46.6 Å². The molecule has 1 aliphatic heterocycles. The third-order valence-electron chi connectivity index (χ3n) is 5.45. The van der Waals surface area contributed by atoms with E-state index in [0.29, 0.717) is 32.7 Å². The summed E-state index contributed by atoms with van der Waals surface area (Å²) in [5.74, 6) is -0.394. The SMILES string of the molecule is O=C(O)CCC/C=C\C[C@H]1[C@@H](OCc2cc(Br)cs2)CC(=O)[C@@H]1N1CCOCC1. The lowest BCUT2D eigenvalue weighted by Crippen LogP contribution is -2.49. The molecule has 0 aromatic carbocycles. The van der Waals surface area contributed by atoms with Crippen LogP contribution < -0.4 is 0 Å². The lowest BCUT2D eigenvalue weighted by Gasteiger charge is -2.35. The first-order chi connectivity index (χ1) is 14.0. The number of ketones is 1. The Labute approximate surface area is 184 Å². The molecule has 1 saturated heterocycles. The molecule has 1 N–H and O–H groups in total. The fourth-order valence-corrected chi connectivity index (χ4v) is 5.44. The fourth-order valence-electron chi connectivity index (χ4n) is 4.07. The molecule has 29 heavy (non-hydrogen) atoms. The number of hydrogen-bond donors (Lipinski definition) is 1. The summed E-state index contributed by atoms with van der Waals surface area (Å²) in [7, 11) is 0. The minimum atomic E-state index is -0.763. The molecule has 2 fully saturated rings. The van der Waals surface area contributed by atoms with Gasteiger partial charge in [-0.1, -0.05) is 12.2 Å². The van der Waals surface area contributed by atoms with E-state index in [1.54, 1.807) is 11.3 Å². The van der Waals surface area contributed by atoms with Crippen molar-refractivity contribution in [1.29, 1.82) is 0 Å². The zero-order chi connectivity index (χ0) is 20.6. The van der Waals surface area contributed by atoms with Gasteiger partial charge in [0.25, 0.3) is 0 Å². The number of unbranched alkanes of at least 4 members (excludes halogenated alkanes) is 1. The molecular weight excluding hydrogens is 458 g/mol. The van der Waals surface area contributed by atoms with E-state index in [2.05, 4.69) is 33.0 Å². The van der Waals surface area contributed by atoms with Gasteiger partial charge in [0.05, 0.1) is 32.0 Å². The van der Waals surface area contributed by atoms with Crippen molar-refractivity contribution in [2.75, 3.05) is 26.3 Å². The summed E-state index contributed by atoms with van der Waals surface area (Å²) in [6.07, 6.45) is 6.81. The van der Waals surface area contributed by atoms with Gasteiger partial charge in [0.15, 0.2) is 5.78 Å². The van der Waals surface area contributed by atoms with E-state index in [4.69, 9.17) is 14.6 Å². The summed E-state index contributed by atoms with van der Waals surface area (Å²) < 4.78 is 12.7. The summed E-state index contributed by atoms with van der Waals surface area (Å²) in [4.78, 5) is 26.9. The molecule has 0 bridgehead atoms.